The number of rotatable bonds is 1. The molecule has 13 heavy (non-hydrogen) atoms. The fourth-order valence-corrected chi connectivity index (χ4v) is 1.66. The lowest BCUT2D eigenvalue weighted by Crippen LogP contribution is -2.05. The Morgan fingerprint density at radius 1 is 1.62 bits per heavy atom. The van der Waals surface area contributed by atoms with E-state index in [0.717, 1.165) is 17.7 Å². The third kappa shape index (κ3) is 1.54. The maximum absolute atomic E-state index is 10.9. The maximum atomic E-state index is 10.9. The van der Waals surface area contributed by atoms with Gasteiger partial charge in [-0.1, -0.05) is 0 Å². The molecule has 1 unspecified atom stereocenters. The average Bonchev–Trinajstić information content (AvgIpc) is 2.42. The van der Waals surface area contributed by atoms with Crippen molar-refractivity contribution in [2.45, 2.75) is 19.4 Å². The summed E-state index contributed by atoms with van der Waals surface area (Å²) in [6, 6.07) is 5.29. The Labute approximate surface area is 81.5 Å². The minimum absolute atomic E-state index is 0.204. The SMILES string of the molecule is CC1Cc2cc(C(=O)Cl)ccc2O1. The molecule has 68 valence electrons. The summed E-state index contributed by atoms with van der Waals surface area (Å²) < 4.78 is 5.49. The van der Waals surface area contributed by atoms with Gasteiger partial charge < -0.3 is 4.74 Å². The molecule has 0 bridgehead atoms. The quantitative estimate of drug-likeness (QED) is 0.645. The van der Waals surface area contributed by atoms with Crippen molar-refractivity contribution in [3.63, 3.8) is 0 Å². The predicted octanol–water partition coefficient (Wildman–Crippen LogP) is 2.39. The monoisotopic (exact) mass is 196 g/mol. The Morgan fingerprint density at radius 3 is 3.08 bits per heavy atom. The molecule has 2 rings (SSSR count). The fourth-order valence-electron chi connectivity index (χ4n) is 1.54. The van der Waals surface area contributed by atoms with Crippen LogP contribution in [0.25, 0.3) is 0 Å². The van der Waals surface area contributed by atoms with Crippen LogP contribution in [0.3, 0.4) is 0 Å². The van der Waals surface area contributed by atoms with Gasteiger partial charge in [-0.3, -0.25) is 4.79 Å². The largest absolute Gasteiger partial charge is 0.490 e. The second-order valence-electron chi connectivity index (χ2n) is 3.23. The van der Waals surface area contributed by atoms with E-state index >= 15 is 0 Å². The molecule has 3 heteroatoms. The first kappa shape index (κ1) is 8.57. The topological polar surface area (TPSA) is 26.3 Å². The van der Waals surface area contributed by atoms with Gasteiger partial charge >= 0.3 is 0 Å². The first-order chi connectivity index (χ1) is 6.16. The van der Waals surface area contributed by atoms with Crippen LogP contribution >= 0.6 is 11.6 Å². The Balaban J connectivity index is 2.40. The van der Waals surface area contributed by atoms with Crippen LogP contribution in [0.15, 0.2) is 18.2 Å². The third-order valence-electron chi connectivity index (χ3n) is 2.12. The van der Waals surface area contributed by atoms with Crippen molar-refractivity contribution < 1.29 is 9.53 Å². The summed E-state index contributed by atoms with van der Waals surface area (Å²) in [6.45, 7) is 2.00. The minimum Gasteiger partial charge on any atom is -0.490 e. The number of ether oxygens (including phenoxy) is 1. The van der Waals surface area contributed by atoms with Crippen molar-refractivity contribution in [1.29, 1.82) is 0 Å². The van der Waals surface area contributed by atoms with Crippen molar-refractivity contribution in [2.75, 3.05) is 0 Å². The predicted molar refractivity (Wildman–Crippen MR) is 50.4 cm³/mol. The number of halogens is 1. The summed E-state index contributed by atoms with van der Waals surface area (Å²) in [4.78, 5) is 10.9. The summed E-state index contributed by atoms with van der Waals surface area (Å²) in [7, 11) is 0. The Morgan fingerprint density at radius 2 is 2.38 bits per heavy atom. The van der Waals surface area contributed by atoms with Gasteiger partial charge in [-0.2, -0.15) is 0 Å². The zero-order valence-electron chi connectivity index (χ0n) is 7.21. The van der Waals surface area contributed by atoms with Gasteiger partial charge in [-0.25, -0.2) is 0 Å². The highest BCUT2D eigenvalue weighted by molar-refractivity contribution is 6.67. The third-order valence-corrected chi connectivity index (χ3v) is 2.34. The van der Waals surface area contributed by atoms with Crippen LogP contribution in [0.5, 0.6) is 5.75 Å². The summed E-state index contributed by atoms with van der Waals surface area (Å²) >= 11 is 5.36. The molecule has 1 atom stereocenters. The van der Waals surface area contributed by atoms with Gasteiger partial charge in [0, 0.05) is 12.0 Å². The number of benzene rings is 1. The van der Waals surface area contributed by atoms with Crippen molar-refractivity contribution in [1.82, 2.24) is 0 Å². The summed E-state index contributed by atoms with van der Waals surface area (Å²) in [5.74, 6) is 0.870. The molecule has 0 amide bonds. The number of carbonyl (C=O) groups excluding carboxylic acids is 1. The van der Waals surface area contributed by atoms with Gasteiger partial charge in [0.15, 0.2) is 0 Å². The highest BCUT2D eigenvalue weighted by Gasteiger charge is 2.19. The highest BCUT2D eigenvalue weighted by atomic mass is 35.5. The van der Waals surface area contributed by atoms with Crippen molar-refractivity contribution in [3.05, 3.63) is 29.3 Å². The summed E-state index contributed by atoms with van der Waals surface area (Å²) in [6.07, 6.45) is 1.06. The molecule has 1 aliphatic rings. The van der Waals surface area contributed by atoms with Crippen LogP contribution in [0, 0.1) is 0 Å². The van der Waals surface area contributed by atoms with E-state index in [9.17, 15) is 4.79 Å². The Kier molecular flexibility index (Phi) is 2.00. The standard InChI is InChI=1S/C10H9ClO2/c1-6-4-8-5-7(10(11)12)2-3-9(8)13-6/h2-3,5-6H,4H2,1H3. The lowest BCUT2D eigenvalue weighted by molar-refractivity contribution is 0.108. The second-order valence-corrected chi connectivity index (χ2v) is 3.57. The molecular formula is C10H9ClO2. The van der Waals surface area contributed by atoms with Crippen molar-refractivity contribution in [2.24, 2.45) is 0 Å². The molecule has 0 aliphatic carbocycles. The molecule has 0 fully saturated rings. The van der Waals surface area contributed by atoms with E-state index in [1.54, 1.807) is 18.2 Å². The second kappa shape index (κ2) is 3.04. The zero-order valence-corrected chi connectivity index (χ0v) is 7.97. The van der Waals surface area contributed by atoms with E-state index in [1.807, 2.05) is 6.92 Å². The van der Waals surface area contributed by atoms with Crippen LogP contribution < -0.4 is 4.74 Å². The lowest BCUT2D eigenvalue weighted by atomic mass is 10.1. The van der Waals surface area contributed by atoms with Crippen LogP contribution in [-0.2, 0) is 6.42 Å². The van der Waals surface area contributed by atoms with E-state index in [1.165, 1.54) is 0 Å². The molecule has 2 nitrogen and oxygen atoms in total. The molecule has 0 N–H and O–H groups in total. The number of carbonyl (C=O) groups is 1. The van der Waals surface area contributed by atoms with Crippen molar-refractivity contribution in [3.8, 4) is 5.75 Å². The molecule has 0 saturated carbocycles. The highest BCUT2D eigenvalue weighted by Crippen LogP contribution is 2.29. The smallest absolute Gasteiger partial charge is 0.252 e. The lowest BCUT2D eigenvalue weighted by Gasteiger charge is -2.01. The van der Waals surface area contributed by atoms with E-state index in [4.69, 9.17) is 16.3 Å². The number of fused-ring (bicyclic) bond motifs is 1. The van der Waals surface area contributed by atoms with Gasteiger partial charge in [0.05, 0.1) is 0 Å². The van der Waals surface area contributed by atoms with E-state index in [0.29, 0.717) is 5.56 Å². The molecule has 0 aromatic heterocycles. The van der Waals surface area contributed by atoms with Crippen LogP contribution in [0.4, 0.5) is 0 Å². The average molecular weight is 197 g/mol. The molecular weight excluding hydrogens is 188 g/mol. The van der Waals surface area contributed by atoms with E-state index in [2.05, 4.69) is 0 Å². The van der Waals surface area contributed by atoms with Crippen LogP contribution in [-0.4, -0.2) is 11.3 Å². The van der Waals surface area contributed by atoms with Gasteiger partial charge in [0.25, 0.3) is 5.24 Å². The maximum Gasteiger partial charge on any atom is 0.252 e. The molecule has 0 saturated heterocycles. The molecule has 1 aliphatic heterocycles. The Hall–Kier alpha value is -1.02. The van der Waals surface area contributed by atoms with Crippen molar-refractivity contribution >= 4 is 16.8 Å². The summed E-state index contributed by atoms with van der Waals surface area (Å²) in [5.41, 5.74) is 1.61. The van der Waals surface area contributed by atoms with E-state index < -0.39 is 5.24 Å². The van der Waals surface area contributed by atoms with Gasteiger partial charge in [-0.05, 0) is 42.3 Å². The van der Waals surface area contributed by atoms with Crippen LogP contribution in [0.2, 0.25) is 0 Å². The first-order valence-electron chi connectivity index (χ1n) is 4.16. The zero-order chi connectivity index (χ0) is 9.42. The normalized spacial score (nSPS) is 19.4. The Bertz CT molecular complexity index is 360. The molecule has 1 aromatic rings. The fraction of sp³-hybridized carbons (Fsp3) is 0.300. The van der Waals surface area contributed by atoms with E-state index in [-0.39, 0.29) is 6.10 Å². The summed E-state index contributed by atoms with van der Waals surface area (Å²) in [5, 5.41) is -0.414. The van der Waals surface area contributed by atoms with Gasteiger partial charge in [-0.15, -0.1) is 0 Å². The molecule has 0 spiro atoms. The molecule has 0 radical (unpaired) electrons. The number of hydrogen-bond acceptors (Lipinski definition) is 2. The first-order valence-corrected chi connectivity index (χ1v) is 4.54. The van der Waals surface area contributed by atoms with Gasteiger partial charge in [0.2, 0.25) is 0 Å². The number of hydrogen-bond donors (Lipinski definition) is 0. The minimum atomic E-state index is -0.414. The van der Waals surface area contributed by atoms with Gasteiger partial charge in [0.1, 0.15) is 11.9 Å². The van der Waals surface area contributed by atoms with Crippen LogP contribution in [0.1, 0.15) is 22.8 Å². The molecule has 1 heterocycles. The molecule has 1 aromatic carbocycles.